The molecule has 0 unspecified atom stereocenters. The second-order valence-electron chi connectivity index (χ2n) is 14.7. The van der Waals surface area contributed by atoms with E-state index in [2.05, 4.69) is 30.7 Å². The molecule has 6 N–H and O–H groups in total. The summed E-state index contributed by atoms with van der Waals surface area (Å²) in [7, 11) is 3.83. The number of alkyl carbamates (subject to hydrolysis) is 2. The van der Waals surface area contributed by atoms with Gasteiger partial charge in [-0.05, 0) is 63.4 Å². The summed E-state index contributed by atoms with van der Waals surface area (Å²) in [6.45, 7) is 8.39. The van der Waals surface area contributed by atoms with Gasteiger partial charge in [0.25, 0.3) is 17.0 Å². The maximum atomic E-state index is 13.1. The fourth-order valence-electron chi connectivity index (χ4n) is 5.70. The van der Waals surface area contributed by atoms with Gasteiger partial charge in [-0.3, -0.25) is 23.5 Å². The van der Waals surface area contributed by atoms with Crippen LogP contribution in [0, 0.1) is 5.82 Å². The van der Waals surface area contributed by atoms with Crippen LogP contribution in [0.1, 0.15) is 83.9 Å². The van der Waals surface area contributed by atoms with Crippen LogP contribution in [0.4, 0.5) is 14.0 Å². The number of methoxy groups -OCH3 is 1. The van der Waals surface area contributed by atoms with E-state index in [0.717, 1.165) is 27.4 Å². The standard InChI is InChI=1S/C24H25FN4O5.C18H21N3O6.C2H6O/c1-24(2,28-23(33)34-14-16-7-5-4-6-8-16)22-27-18(19(30)21(32)29(22)3)20(31)26-13-15-9-11-17(25)12-10-15;1-18(2,20-17(25)27-10-11-8-6-5-7-9-11)16-19-12(15(24)26-4)13(22)14(23)21(16)3;1-2-3/h4-12,30H,13-14H2,1-3H3,(H,26,31)(H,28,33);5-9,22H,10H2,1-4H3,(H,20,25);3H,2H2,1H3. The Morgan fingerprint density at radius 1 is 0.672 bits per heavy atom. The Morgan fingerprint density at radius 3 is 1.47 bits per heavy atom. The molecule has 0 aliphatic heterocycles. The molecule has 0 saturated heterocycles. The van der Waals surface area contributed by atoms with Gasteiger partial charge >= 0.3 is 18.2 Å². The fourth-order valence-corrected chi connectivity index (χ4v) is 5.70. The van der Waals surface area contributed by atoms with Gasteiger partial charge in [-0.25, -0.2) is 28.7 Å². The molecular weight excluding hydrogens is 838 g/mol. The minimum Gasteiger partial charge on any atom is -0.501 e. The lowest BCUT2D eigenvalue weighted by Crippen LogP contribution is -2.46. The molecule has 342 valence electrons. The first-order valence-electron chi connectivity index (χ1n) is 19.5. The van der Waals surface area contributed by atoms with Crippen molar-refractivity contribution in [2.75, 3.05) is 13.7 Å². The fraction of sp³-hybridized carbons (Fsp3) is 0.318. The van der Waals surface area contributed by atoms with E-state index in [1.165, 1.54) is 38.4 Å². The largest absolute Gasteiger partial charge is 0.501 e. The van der Waals surface area contributed by atoms with Gasteiger partial charge < -0.3 is 45.5 Å². The minimum absolute atomic E-state index is 0.0260. The van der Waals surface area contributed by atoms with Gasteiger partial charge in [-0.15, -0.1) is 0 Å². The highest BCUT2D eigenvalue weighted by Gasteiger charge is 2.33. The average Bonchev–Trinajstić information content (AvgIpc) is 3.26. The highest BCUT2D eigenvalue weighted by molar-refractivity contribution is 5.94. The van der Waals surface area contributed by atoms with Gasteiger partial charge in [-0.1, -0.05) is 72.8 Å². The number of aliphatic hydroxyl groups excluding tert-OH is 1. The molecule has 0 bridgehead atoms. The van der Waals surface area contributed by atoms with Gasteiger partial charge in [0, 0.05) is 27.2 Å². The van der Waals surface area contributed by atoms with Crippen molar-refractivity contribution in [2.24, 2.45) is 14.1 Å². The van der Waals surface area contributed by atoms with E-state index in [-0.39, 0.29) is 38.0 Å². The Hall–Kier alpha value is -7.61. The van der Waals surface area contributed by atoms with Gasteiger partial charge in [0.2, 0.25) is 11.5 Å². The lowest BCUT2D eigenvalue weighted by Gasteiger charge is -2.27. The predicted octanol–water partition coefficient (Wildman–Crippen LogP) is 4.15. The molecule has 2 heterocycles. The molecule has 0 spiro atoms. The van der Waals surface area contributed by atoms with Crippen LogP contribution < -0.4 is 27.1 Å². The first kappa shape index (κ1) is 50.7. The van der Waals surface area contributed by atoms with E-state index >= 15 is 0 Å². The number of hydrogen-bond acceptors (Lipinski definition) is 14. The SMILES string of the molecule is CCO.COC(=O)c1nc(C(C)(C)NC(=O)OCc2ccccc2)n(C)c(=O)c1O.Cn1c(C(C)(C)NC(=O)OCc2ccccc2)nc(C(=O)NCc2ccc(F)cc2)c(O)c1=O. The Balaban J connectivity index is 0.000000328. The summed E-state index contributed by atoms with van der Waals surface area (Å²) in [5, 5.41) is 35.4. The number of carbonyl (C=O) groups excluding carboxylic acids is 4. The lowest BCUT2D eigenvalue weighted by molar-refractivity contribution is 0.0588. The van der Waals surface area contributed by atoms with Crippen LogP contribution in [0.5, 0.6) is 11.5 Å². The molecule has 20 heteroatoms. The quantitative estimate of drug-likeness (QED) is 0.0760. The third-order valence-corrected chi connectivity index (χ3v) is 8.87. The van der Waals surface area contributed by atoms with Gasteiger partial charge in [0.15, 0.2) is 11.4 Å². The van der Waals surface area contributed by atoms with Crippen LogP contribution in [0.2, 0.25) is 0 Å². The Bertz CT molecular complexity index is 2510. The highest BCUT2D eigenvalue weighted by atomic mass is 19.1. The van der Waals surface area contributed by atoms with Crippen molar-refractivity contribution in [1.82, 2.24) is 35.1 Å². The van der Waals surface area contributed by atoms with Crippen molar-refractivity contribution < 1.29 is 53.1 Å². The van der Waals surface area contributed by atoms with Crippen molar-refractivity contribution >= 4 is 24.1 Å². The van der Waals surface area contributed by atoms with Crippen molar-refractivity contribution in [3.05, 3.63) is 151 Å². The third kappa shape index (κ3) is 14.0. The van der Waals surface area contributed by atoms with E-state index in [1.54, 1.807) is 46.8 Å². The van der Waals surface area contributed by atoms with Crippen molar-refractivity contribution in [2.45, 2.75) is 65.5 Å². The Kier molecular flexibility index (Phi) is 18.2. The van der Waals surface area contributed by atoms with E-state index in [9.17, 15) is 43.4 Å². The molecule has 0 aliphatic rings. The molecule has 64 heavy (non-hydrogen) atoms. The van der Waals surface area contributed by atoms with Crippen molar-refractivity contribution in [1.29, 1.82) is 0 Å². The number of hydrogen-bond donors (Lipinski definition) is 6. The summed E-state index contributed by atoms with van der Waals surface area (Å²) in [6.07, 6.45) is -1.48. The van der Waals surface area contributed by atoms with Gasteiger partial charge in [0.05, 0.1) is 18.2 Å². The number of nitrogens with one attached hydrogen (secondary N) is 3. The van der Waals surface area contributed by atoms with Crippen LogP contribution >= 0.6 is 0 Å². The average molecular weight is 890 g/mol. The molecule has 5 aromatic rings. The maximum Gasteiger partial charge on any atom is 0.408 e. The molecule has 2 aromatic heterocycles. The minimum atomic E-state index is -1.23. The number of aromatic nitrogens is 4. The number of aliphatic hydroxyl groups is 1. The molecular formula is C44H52FN7O12. The van der Waals surface area contributed by atoms with Crippen LogP contribution in [0.15, 0.2) is 94.5 Å². The zero-order chi connectivity index (χ0) is 47.8. The number of ether oxygens (including phenoxy) is 3. The third-order valence-electron chi connectivity index (χ3n) is 8.87. The second-order valence-corrected chi connectivity index (χ2v) is 14.7. The number of benzene rings is 3. The molecule has 0 saturated carbocycles. The smallest absolute Gasteiger partial charge is 0.408 e. The van der Waals surface area contributed by atoms with Crippen molar-refractivity contribution in [3.63, 3.8) is 0 Å². The highest BCUT2D eigenvalue weighted by Crippen LogP contribution is 2.22. The second kappa shape index (κ2) is 23.0. The topological polar surface area (TPSA) is 263 Å². The van der Waals surface area contributed by atoms with E-state index in [0.29, 0.717) is 5.56 Å². The van der Waals surface area contributed by atoms with E-state index in [1.807, 2.05) is 48.5 Å². The first-order chi connectivity index (χ1) is 30.2. The Morgan fingerprint density at radius 2 is 1.06 bits per heavy atom. The van der Waals surface area contributed by atoms with Crippen LogP contribution in [-0.4, -0.2) is 72.2 Å². The van der Waals surface area contributed by atoms with Crippen LogP contribution in [-0.2, 0) is 59.1 Å². The molecule has 3 aromatic carbocycles. The summed E-state index contributed by atoms with van der Waals surface area (Å²) in [5.74, 6) is -3.76. The number of rotatable bonds is 12. The number of esters is 1. The number of amides is 3. The molecule has 0 fully saturated rings. The molecule has 0 radical (unpaired) electrons. The summed E-state index contributed by atoms with van der Waals surface area (Å²) in [6, 6.07) is 23.7. The van der Waals surface area contributed by atoms with Crippen LogP contribution in [0.25, 0.3) is 0 Å². The number of halogens is 1. The molecule has 19 nitrogen and oxygen atoms in total. The summed E-state index contributed by atoms with van der Waals surface area (Å²) in [5.41, 5.74) is -2.91. The van der Waals surface area contributed by atoms with Gasteiger partial charge in [-0.2, -0.15) is 0 Å². The Labute approximate surface area is 367 Å². The van der Waals surface area contributed by atoms with Crippen molar-refractivity contribution in [3.8, 4) is 11.5 Å². The molecule has 0 atom stereocenters. The van der Waals surface area contributed by atoms with Gasteiger partial charge in [0.1, 0.15) is 30.7 Å². The summed E-state index contributed by atoms with van der Waals surface area (Å²) >= 11 is 0. The zero-order valence-electron chi connectivity index (χ0n) is 36.6. The molecule has 0 aliphatic carbocycles. The lowest BCUT2D eigenvalue weighted by atomic mass is 10.0. The number of nitrogens with zero attached hydrogens (tertiary/aromatic N) is 4. The number of carbonyl (C=O) groups is 4. The number of aromatic hydroxyl groups is 2. The predicted molar refractivity (Wildman–Crippen MR) is 230 cm³/mol. The van der Waals surface area contributed by atoms with Crippen LogP contribution in [0.3, 0.4) is 0 Å². The van der Waals surface area contributed by atoms with E-state index < -0.39 is 75.0 Å². The van der Waals surface area contributed by atoms with E-state index in [4.69, 9.17) is 14.6 Å². The first-order valence-corrected chi connectivity index (χ1v) is 19.5. The molecule has 5 rings (SSSR count). The normalized spacial score (nSPS) is 10.8. The zero-order valence-corrected chi connectivity index (χ0v) is 36.6. The molecule has 3 amide bonds. The monoisotopic (exact) mass is 889 g/mol. The summed E-state index contributed by atoms with van der Waals surface area (Å²) < 4.78 is 30.1. The summed E-state index contributed by atoms with van der Waals surface area (Å²) in [4.78, 5) is 81.9. The maximum absolute atomic E-state index is 13.1.